The molecule has 2 unspecified atom stereocenters. The number of aliphatic carboxylic acids is 2. The number of methoxy groups -OCH3 is 2. The molecule has 0 radical (unpaired) electrons. The molecular formula is C31H38N2O13. The normalized spacial score (nSPS) is 25.5. The van der Waals surface area contributed by atoms with Gasteiger partial charge in [-0.1, -0.05) is 30.3 Å². The van der Waals surface area contributed by atoms with Gasteiger partial charge in [0.15, 0.2) is 17.6 Å². The van der Waals surface area contributed by atoms with Gasteiger partial charge in [-0.25, -0.2) is 9.59 Å². The van der Waals surface area contributed by atoms with Gasteiger partial charge >= 0.3 is 17.9 Å². The van der Waals surface area contributed by atoms with E-state index < -0.39 is 72.6 Å². The molecule has 1 amide bonds. The largest absolute Gasteiger partial charge is 0.493 e. The molecular weight excluding hydrogens is 608 g/mol. The Morgan fingerprint density at radius 2 is 1.59 bits per heavy atom. The highest BCUT2D eigenvalue weighted by molar-refractivity contribution is 5.89. The van der Waals surface area contributed by atoms with Crippen molar-refractivity contribution in [1.82, 2.24) is 10.2 Å². The Labute approximate surface area is 264 Å². The zero-order valence-electron chi connectivity index (χ0n) is 25.4. The summed E-state index contributed by atoms with van der Waals surface area (Å²) in [4.78, 5) is 52.3. The van der Waals surface area contributed by atoms with Crippen molar-refractivity contribution in [2.45, 2.75) is 81.6 Å². The zero-order chi connectivity index (χ0) is 33.7. The van der Waals surface area contributed by atoms with Crippen LogP contribution in [0, 0.1) is 0 Å². The predicted molar refractivity (Wildman–Crippen MR) is 157 cm³/mol. The minimum atomic E-state index is -2.01. The lowest BCUT2D eigenvalue weighted by Crippen LogP contribution is -2.62. The van der Waals surface area contributed by atoms with Gasteiger partial charge in [0.05, 0.1) is 20.3 Å². The van der Waals surface area contributed by atoms with Crippen molar-refractivity contribution in [1.29, 1.82) is 0 Å². The Kier molecular flexibility index (Phi) is 11.2. The highest BCUT2D eigenvalue weighted by Gasteiger charge is 2.50. The van der Waals surface area contributed by atoms with E-state index in [0.29, 0.717) is 29.0 Å². The van der Waals surface area contributed by atoms with Crippen molar-refractivity contribution < 1.29 is 63.7 Å². The molecule has 15 nitrogen and oxygen atoms in total. The molecule has 15 heteroatoms. The standard InChI is InChI=1S/C31H38N2O13/c1-15(32-19(28(38)39)10-9-16-7-5-4-6-8-16)27(37)33-14-18-13-22(44-3)21(43-2)12-17(18)11-20(33)30(42)46-31-25(36)23(34)24(35)26(45-31)29(40)41/h4-8,12-13,15,19-20,23-26,31-32,34-36H,9-11,14H2,1-3H3,(H,38,39)(H,40,41)/t15-,19-,20-,23+,24+,25?,26?,31+/m0/s1. The van der Waals surface area contributed by atoms with Crippen molar-refractivity contribution >= 4 is 23.8 Å². The van der Waals surface area contributed by atoms with Crippen LogP contribution >= 0.6 is 0 Å². The van der Waals surface area contributed by atoms with E-state index in [0.717, 1.165) is 5.56 Å². The maximum Gasteiger partial charge on any atom is 0.335 e. The lowest BCUT2D eigenvalue weighted by Gasteiger charge is -2.41. The van der Waals surface area contributed by atoms with Crippen LogP contribution in [0.5, 0.6) is 11.5 Å². The molecule has 0 spiro atoms. The molecule has 1 saturated heterocycles. The van der Waals surface area contributed by atoms with Gasteiger partial charge in [-0.15, -0.1) is 0 Å². The number of aryl methyl sites for hydroxylation is 1. The second kappa shape index (κ2) is 14.9. The number of carboxylic acid groups (broad SMARTS) is 2. The Bertz CT molecular complexity index is 1420. The van der Waals surface area contributed by atoms with E-state index in [1.165, 1.54) is 26.0 Å². The van der Waals surface area contributed by atoms with Crippen LogP contribution in [0.15, 0.2) is 42.5 Å². The first-order valence-electron chi connectivity index (χ1n) is 14.6. The number of carboxylic acids is 2. The number of amides is 1. The van der Waals surface area contributed by atoms with E-state index in [4.69, 9.17) is 18.9 Å². The molecule has 2 aromatic carbocycles. The van der Waals surface area contributed by atoms with Gasteiger partial charge in [0.25, 0.3) is 0 Å². The first-order chi connectivity index (χ1) is 21.9. The average Bonchev–Trinajstić information content (AvgIpc) is 3.05. The van der Waals surface area contributed by atoms with Crippen molar-refractivity contribution in [3.05, 3.63) is 59.2 Å². The third-order valence-electron chi connectivity index (χ3n) is 8.12. The lowest BCUT2D eigenvalue weighted by molar-refractivity contribution is -0.287. The summed E-state index contributed by atoms with van der Waals surface area (Å²) in [5.41, 5.74) is 2.13. The zero-order valence-corrected chi connectivity index (χ0v) is 25.4. The summed E-state index contributed by atoms with van der Waals surface area (Å²) in [6.07, 6.45) is -9.51. The van der Waals surface area contributed by atoms with Gasteiger partial charge in [-0.2, -0.15) is 0 Å². The predicted octanol–water partition coefficient (Wildman–Crippen LogP) is -0.543. The van der Waals surface area contributed by atoms with Crippen LogP contribution < -0.4 is 14.8 Å². The lowest BCUT2D eigenvalue weighted by atomic mass is 9.92. The van der Waals surface area contributed by atoms with Gasteiger partial charge in [-0.05, 0) is 48.6 Å². The van der Waals surface area contributed by atoms with Crippen LogP contribution in [-0.4, -0.2) is 117 Å². The second-order valence-electron chi connectivity index (χ2n) is 11.1. The highest BCUT2D eigenvalue weighted by Crippen LogP contribution is 2.35. The van der Waals surface area contributed by atoms with Gasteiger partial charge < -0.3 is 49.4 Å². The molecule has 2 aromatic rings. The number of aliphatic hydroxyl groups is 3. The van der Waals surface area contributed by atoms with E-state index in [-0.39, 0.29) is 19.4 Å². The Morgan fingerprint density at radius 3 is 2.17 bits per heavy atom. The highest BCUT2D eigenvalue weighted by atomic mass is 16.7. The van der Waals surface area contributed by atoms with Crippen molar-refractivity contribution in [3.63, 3.8) is 0 Å². The molecule has 0 aliphatic carbocycles. The van der Waals surface area contributed by atoms with Crippen molar-refractivity contribution in [3.8, 4) is 11.5 Å². The smallest absolute Gasteiger partial charge is 0.335 e. The number of esters is 1. The third-order valence-corrected chi connectivity index (χ3v) is 8.12. The summed E-state index contributed by atoms with van der Waals surface area (Å²) in [6, 6.07) is 9.00. The molecule has 0 bridgehead atoms. The SMILES string of the molecule is COc1cc2c(cc1OC)CN(C(=O)[C@H](C)N[C@@H](CCc1ccccc1)C(=O)O)[C@H](C(=O)O[C@H]1OC(C(=O)O)[C@H](O)[C@@H](O)C1O)C2. The number of carbonyl (C=O) groups excluding carboxylic acids is 2. The summed E-state index contributed by atoms with van der Waals surface area (Å²) in [5, 5.41) is 52.6. The van der Waals surface area contributed by atoms with Crippen molar-refractivity contribution in [2.24, 2.45) is 0 Å². The van der Waals surface area contributed by atoms with Crippen molar-refractivity contribution in [2.75, 3.05) is 14.2 Å². The summed E-state index contributed by atoms with van der Waals surface area (Å²) in [6.45, 7) is 1.34. The maximum atomic E-state index is 13.9. The van der Waals surface area contributed by atoms with Gasteiger partial charge in [0, 0.05) is 13.0 Å². The number of fused-ring (bicyclic) bond motifs is 1. The monoisotopic (exact) mass is 646 g/mol. The molecule has 1 fully saturated rings. The summed E-state index contributed by atoms with van der Waals surface area (Å²) >= 11 is 0. The van der Waals surface area contributed by atoms with Crippen LogP contribution in [0.2, 0.25) is 0 Å². The van der Waals surface area contributed by atoms with Crippen LogP contribution in [0.1, 0.15) is 30.0 Å². The van der Waals surface area contributed by atoms with E-state index >= 15 is 0 Å². The Hall–Kier alpha value is -4.28. The maximum absolute atomic E-state index is 13.9. The number of benzene rings is 2. The molecule has 0 aromatic heterocycles. The second-order valence-corrected chi connectivity index (χ2v) is 11.1. The molecule has 250 valence electrons. The Morgan fingerprint density at radius 1 is 0.957 bits per heavy atom. The first-order valence-corrected chi connectivity index (χ1v) is 14.6. The van der Waals surface area contributed by atoms with Crippen LogP contribution in [0.3, 0.4) is 0 Å². The number of hydrogen-bond donors (Lipinski definition) is 6. The number of carbonyl (C=O) groups is 4. The molecule has 46 heavy (non-hydrogen) atoms. The topological polar surface area (TPSA) is 222 Å². The molecule has 2 aliphatic rings. The fraction of sp³-hybridized carbons (Fsp3) is 0.484. The number of nitrogens with one attached hydrogen (secondary N) is 1. The van der Waals surface area contributed by atoms with E-state index in [2.05, 4.69) is 5.32 Å². The van der Waals surface area contributed by atoms with E-state index in [1.54, 1.807) is 12.1 Å². The summed E-state index contributed by atoms with van der Waals surface area (Å²) in [7, 11) is 2.87. The van der Waals surface area contributed by atoms with Crippen LogP contribution in [0.25, 0.3) is 0 Å². The number of aliphatic hydroxyl groups excluding tert-OH is 3. The Balaban J connectivity index is 1.59. The number of rotatable bonds is 12. The number of nitrogens with zero attached hydrogens (tertiary/aromatic N) is 1. The number of ether oxygens (including phenoxy) is 4. The summed E-state index contributed by atoms with van der Waals surface area (Å²) < 4.78 is 21.2. The molecule has 4 rings (SSSR count). The number of hydrogen-bond acceptors (Lipinski definition) is 12. The van der Waals surface area contributed by atoms with Gasteiger partial charge in [-0.3, -0.25) is 14.9 Å². The summed E-state index contributed by atoms with van der Waals surface area (Å²) in [5.74, 6) is -3.83. The van der Waals surface area contributed by atoms with Gasteiger partial charge in [0.2, 0.25) is 12.2 Å². The van der Waals surface area contributed by atoms with Gasteiger partial charge in [0.1, 0.15) is 30.4 Å². The average molecular weight is 647 g/mol. The minimum Gasteiger partial charge on any atom is -0.493 e. The molecule has 8 atom stereocenters. The van der Waals surface area contributed by atoms with E-state index in [9.17, 15) is 44.7 Å². The van der Waals surface area contributed by atoms with Crippen LogP contribution in [0.4, 0.5) is 0 Å². The molecule has 2 aliphatic heterocycles. The van der Waals surface area contributed by atoms with E-state index in [1.807, 2.05) is 30.3 Å². The van der Waals surface area contributed by atoms with Crippen LogP contribution in [-0.2, 0) is 48.0 Å². The fourth-order valence-electron chi connectivity index (χ4n) is 5.55. The molecule has 0 saturated carbocycles. The third kappa shape index (κ3) is 7.57. The molecule has 6 N–H and O–H groups in total. The minimum absolute atomic E-state index is 0.111. The first kappa shape index (κ1) is 34.6. The fourth-order valence-corrected chi connectivity index (χ4v) is 5.55. The quantitative estimate of drug-likeness (QED) is 0.160. The molecule has 2 heterocycles.